The minimum absolute atomic E-state index is 0.261. The number of hydrogen-bond donors (Lipinski definition) is 1. The SMILES string of the molecule is Cc1ccc(S(=O)(=O)Nc2ccc(-c3csc(-c4ccccc4)n3)cc2)cc1C. The second kappa shape index (κ2) is 7.81. The number of anilines is 1. The zero-order valence-electron chi connectivity index (χ0n) is 16.1. The van der Waals surface area contributed by atoms with Crippen LogP contribution < -0.4 is 4.72 Å². The van der Waals surface area contributed by atoms with Gasteiger partial charge >= 0.3 is 0 Å². The summed E-state index contributed by atoms with van der Waals surface area (Å²) < 4.78 is 28.0. The molecule has 4 nitrogen and oxygen atoms in total. The van der Waals surface area contributed by atoms with Crippen LogP contribution >= 0.6 is 11.3 Å². The normalized spacial score (nSPS) is 11.4. The smallest absolute Gasteiger partial charge is 0.261 e. The summed E-state index contributed by atoms with van der Waals surface area (Å²) in [6.07, 6.45) is 0. The van der Waals surface area contributed by atoms with Gasteiger partial charge in [0.25, 0.3) is 10.0 Å². The summed E-state index contributed by atoms with van der Waals surface area (Å²) in [5, 5.41) is 2.97. The van der Waals surface area contributed by atoms with E-state index < -0.39 is 10.0 Å². The highest BCUT2D eigenvalue weighted by atomic mass is 32.2. The average molecular weight is 421 g/mol. The molecular weight excluding hydrogens is 400 g/mol. The molecule has 0 bridgehead atoms. The molecule has 29 heavy (non-hydrogen) atoms. The van der Waals surface area contributed by atoms with Gasteiger partial charge in [0.05, 0.1) is 10.6 Å². The van der Waals surface area contributed by atoms with Crippen molar-refractivity contribution in [2.24, 2.45) is 0 Å². The number of rotatable bonds is 5. The number of aryl methyl sites for hydroxylation is 2. The zero-order valence-corrected chi connectivity index (χ0v) is 17.7. The molecule has 146 valence electrons. The molecule has 0 aliphatic carbocycles. The number of hydrogen-bond acceptors (Lipinski definition) is 4. The van der Waals surface area contributed by atoms with E-state index in [0.29, 0.717) is 5.69 Å². The highest BCUT2D eigenvalue weighted by Crippen LogP contribution is 2.29. The largest absolute Gasteiger partial charge is 0.280 e. The van der Waals surface area contributed by atoms with Crippen LogP contribution in [0.3, 0.4) is 0 Å². The molecule has 1 aromatic heterocycles. The first-order valence-electron chi connectivity index (χ1n) is 9.14. The fourth-order valence-electron chi connectivity index (χ4n) is 2.92. The van der Waals surface area contributed by atoms with Gasteiger partial charge in [-0.1, -0.05) is 48.5 Å². The maximum atomic E-state index is 12.7. The van der Waals surface area contributed by atoms with E-state index in [-0.39, 0.29) is 4.90 Å². The van der Waals surface area contributed by atoms with Crippen LogP contribution in [0.25, 0.3) is 21.8 Å². The molecule has 0 atom stereocenters. The fourth-order valence-corrected chi connectivity index (χ4v) is 4.90. The number of thiazole rings is 1. The van der Waals surface area contributed by atoms with Crippen molar-refractivity contribution in [3.8, 4) is 21.8 Å². The Morgan fingerprint density at radius 1 is 0.828 bits per heavy atom. The Bertz CT molecular complexity index is 1250. The van der Waals surface area contributed by atoms with Crippen molar-refractivity contribution in [3.05, 3.63) is 89.3 Å². The van der Waals surface area contributed by atoms with E-state index >= 15 is 0 Å². The van der Waals surface area contributed by atoms with Crippen molar-refractivity contribution in [2.45, 2.75) is 18.7 Å². The first-order chi connectivity index (χ1) is 13.9. The molecule has 0 amide bonds. The van der Waals surface area contributed by atoms with Crippen LogP contribution in [-0.4, -0.2) is 13.4 Å². The van der Waals surface area contributed by atoms with Gasteiger partial charge in [0.2, 0.25) is 0 Å². The Morgan fingerprint density at radius 2 is 1.55 bits per heavy atom. The van der Waals surface area contributed by atoms with Crippen LogP contribution in [0, 0.1) is 13.8 Å². The van der Waals surface area contributed by atoms with Crippen LogP contribution in [-0.2, 0) is 10.0 Å². The predicted octanol–water partition coefficient (Wildman–Crippen LogP) is 5.89. The predicted molar refractivity (Wildman–Crippen MR) is 120 cm³/mol. The van der Waals surface area contributed by atoms with Gasteiger partial charge in [-0.15, -0.1) is 11.3 Å². The van der Waals surface area contributed by atoms with Crippen LogP contribution in [0.1, 0.15) is 11.1 Å². The van der Waals surface area contributed by atoms with Gasteiger partial charge in [-0.2, -0.15) is 0 Å². The lowest BCUT2D eigenvalue weighted by molar-refractivity contribution is 0.601. The first kappa shape index (κ1) is 19.4. The molecule has 3 aromatic carbocycles. The summed E-state index contributed by atoms with van der Waals surface area (Å²) >= 11 is 1.59. The van der Waals surface area contributed by atoms with Crippen LogP contribution in [0.2, 0.25) is 0 Å². The highest BCUT2D eigenvalue weighted by molar-refractivity contribution is 7.92. The Kier molecular flexibility index (Phi) is 5.22. The highest BCUT2D eigenvalue weighted by Gasteiger charge is 2.15. The van der Waals surface area contributed by atoms with Gasteiger partial charge in [0, 0.05) is 22.2 Å². The van der Waals surface area contributed by atoms with Gasteiger partial charge in [-0.25, -0.2) is 13.4 Å². The molecule has 1 heterocycles. The molecule has 0 aliphatic rings. The van der Waals surface area contributed by atoms with Gasteiger partial charge in [-0.05, 0) is 49.2 Å². The standard InChI is InChI=1S/C23H20N2O2S2/c1-16-8-13-21(14-17(16)2)29(26,27)25-20-11-9-18(10-12-20)22-15-28-23(24-22)19-6-4-3-5-7-19/h3-15,25H,1-2H3. The molecule has 0 aliphatic heterocycles. The third kappa shape index (κ3) is 4.23. The quantitative estimate of drug-likeness (QED) is 0.438. The molecule has 0 spiro atoms. The van der Waals surface area contributed by atoms with Crippen molar-refractivity contribution in [1.82, 2.24) is 4.98 Å². The lowest BCUT2D eigenvalue weighted by Crippen LogP contribution is -2.13. The van der Waals surface area contributed by atoms with E-state index in [1.807, 2.05) is 67.8 Å². The molecule has 0 unspecified atom stereocenters. The number of sulfonamides is 1. The minimum Gasteiger partial charge on any atom is -0.280 e. The Hall–Kier alpha value is -2.96. The number of aromatic nitrogens is 1. The summed E-state index contributed by atoms with van der Waals surface area (Å²) in [6.45, 7) is 3.86. The Labute approximate surface area is 175 Å². The van der Waals surface area contributed by atoms with Crippen molar-refractivity contribution < 1.29 is 8.42 Å². The Morgan fingerprint density at radius 3 is 2.24 bits per heavy atom. The molecule has 0 fully saturated rings. The third-order valence-electron chi connectivity index (χ3n) is 4.75. The van der Waals surface area contributed by atoms with Crippen LogP contribution in [0.5, 0.6) is 0 Å². The maximum Gasteiger partial charge on any atom is 0.261 e. The molecular formula is C23H20N2O2S2. The maximum absolute atomic E-state index is 12.7. The number of nitrogens with one attached hydrogen (secondary N) is 1. The number of nitrogens with zero attached hydrogens (tertiary/aromatic N) is 1. The second-order valence-electron chi connectivity index (χ2n) is 6.83. The number of benzene rings is 3. The lowest BCUT2D eigenvalue weighted by atomic mass is 10.1. The molecule has 0 radical (unpaired) electrons. The van der Waals surface area contributed by atoms with Crippen molar-refractivity contribution in [2.75, 3.05) is 4.72 Å². The topological polar surface area (TPSA) is 59.1 Å². The molecule has 1 N–H and O–H groups in total. The van der Waals surface area contributed by atoms with E-state index in [1.54, 1.807) is 35.6 Å². The van der Waals surface area contributed by atoms with Crippen molar-refractivity contribution >= 4 is 27.0 Å². The van der Waals surface area contributed by atoms with Crippen molar-refractivity contribution in [3.63, 3.8) is 0 Å². The van der Waals surface area contributed by atoms with Gasteiger partial charge in [0.1, 0.15) is 5.01 Å². The molecule has 4 aromatic rings. The molecule has 4 rings (SSSR count). The van der Waals surface area contributed by atoms with Crippen LogP contribution in [0.15, 0.2) is 83.1 Å². The third-order valence-corrected chi connectivity index (χ3v) is 7.02. The van der Waals surface area contributed by atoms with E-state index in [9.17, 15) is 8.42 Å². The van der Waals surface area contributed by atoms with Crippen LogP contribution in [0.4, 0.5) is 5.69 Å². The second-order valence-corrected chi connectivity index (χ2v) is 9.37. The van der Waals surface area contributed by atoms with E-state index in [1.165, 1.54) is 0 Å². The summed E-state index contributed by atoms with van der Waals surface area (Å²) in [4.78, 5) is 4.96. The monoisotopic (exact) mass is 420 g/mol. The fraction of sp³-hybridized carbons (Fsp3) is 0.0870. The molecule has 6 heteroatoms. The average Bonchev–Trinajstić information content (AvgIpc) is 3.21. The summed E-state index contributed by atoms with van der Waals surface area (Å²) in [5.41, 5.74) is 5.43. The molecule has 0 saturated carbocycles. The van der Waals surface area contributed by atoms with Gasteiger partial charge in [-0.3, -0.25) is 4.72 Å². The van der Waals surface area contributed by atoms with E-state index in [4.69, 9.17) is 4.98 Å². The summed E-state index contributed by atoms with van der Waals surface area (Å²) in [6, 6.07) is 22.4. The summed E-state index contributed by atoms with van der Waals surface area (Å²) in [5.74, 6) is 0. The van der Waals surface area contributed by atoms with E-state index in [0.717, 1.165) is 33.0 Å². The molecule has 0 saturated heterocycles. The van der Waals surface area contributed by atoms with E-state index in [2.05, 4.69) is 4.72 Å². The zero-order chi connectivity index (χ0) is 20.4. The van der Waals surface area contributed by atoms with Gasteiger partial charge < -0.3 is 0 Å². The van der Waals surface area contributed by atoms with Gasteiger partial charge in [0.15, 0.2) is 0 Å². The lowest BCUT2D eigenvalue weighted by Gasteiger charge is -2.10. The first-order valence-corrected chi connectivity index (χ1v) is 11.5. The summed E-state index contributed by atoms with van der Waals surface area (Å²) in [7, 11) is -3.63. The Balaban J connectivity index is 1.54. The minimum atomic E-state index is -3.63. The van der Waals surface area contributed by atoms with Crippen molar-refractivity contribution in [1.29, 1.82) is 0 Å².